The Morgan fingerprint density at radius 3 is 2.71 bits per heavy atom. The van der Waals surface area contributed by atoms with Crippen LogP contribution in [0.25, 0.3) is 0 Å². The van der Waals surface area contributed by atoms with Crippen molar-refractivity contribution >= 4 is 11.7 Å². The lowest BCUT2D eigenvalue weighted by Gasteiger charge is -2.27. The van der Waals surface area contributed by atoms with E-state index >= 15 is 0 Å². The van der Waals surface area contributed by atoms with Crippen LogP contribution in [0.4, 0.5) is 10.5 Å². The van der Waals surface area contributed by atoms with Gasteiger partial charge in [0, 0.05) is 18.3 Å². The molecule has 1 aliphatic heterocycles. The quantitative estimate of drug-likeness (QED) is 0.833. The highest BCUT2D eigenvalue weighted by Gasteiger charge is 2.30. The van der Waals surface area contributed by atoms with Gasteiger partial charge in [0.1, 0.15) is 0 Å². The van der Waals surface area contributed by atoms with Crippen LogP contribution in [0.15, 0.2) is 30.3 Å². The molecule has 0 aromatic heterocycles. The predicted molar refractivity (Wildman–Crippen MR) is 70.0 cm³/mol. The van der Waals surface area contributed by atoms with Crippen LogP contribution < -0.4 is 5.32 Å². The highest BCUT2D eigenvalue weighted by Crippen LogP contribution is 2.24. The number of nitrogens with one attached hydrogen (secondary N) is 1. The second kappa shape index (κ2) is 5.21. The monoisotopic (exact) mass is 232 g/mol. The molecule has 2 rings (SSSR count). The number of hydrogen-bond donors (Lipinski definition) is 1. The van der Waals surface area contributed by atoms with E-state index in [1.165, 1.54) is 0 Å². The topological polar surface area (TPSA) is 32.3 Å². The maximum Gasteiger partial charge on any atom is 0.322 e. The molecule has 2 amide bonds. The average Bonchev–Trinajstić information content (AvgIpc) is 2.79. The van der Waals surface area contributed by atoms with E-state index in [4.69, 9.17) is 0 Å². The van der Waals surface area contributed by atoms with Crippen molar-refractivity contribution in [1.82, 2.24) is 4.90 Å². The molecule has 0 bridgehead atoms. The number of rotatable bonds is 2. The average molecular weight is 232 g/mol. The molecule has 1 aromatic carbocycles. The minimum absolute atomic E-state index is 0.0346. The second-order valence-electron chi connectivity index (χ2n) is 4.94. The Balaban J connectivity index is 2.00. The predicted octanol–water partition coefficient (Wildman–Crippen LogP) is 3.34. The van der Waals surface area contributed by atoms with Crippen LogP contribution in [0.5, 0.6) is 0 Å². The molecule has 1 N–H and O–H groups in total. The summed E-state index contributed by atoms with van der Waals surface area (Å²) in [5, 5.41) is 2.96. The van der Waals surface area contributed by atoms with Crippen molar-refractivity contribution in [3.63, 3.8) is 0 Å². The van der Waals surface area contributed by atoms with Gasteiger partial charge < -0.3 is 10.2 Å². The Labute approximate surface area is 103 Å². The lowest BCUT2D eigenvalue weighted by atomic mass is 10.0. The number of anilines is 1. The third-order valence-electron chi connectivity index (χ3n) is 3.35. The number of likely N-dealkylation sites (tertiary alicyclic amines) is 1. The second-order valence-corrected chi connectivity index (χ2v) is 4.94. The van der Waals surface area contributed by atoms with Gasteiger partial charge in [-0.15, -0.1) is 0 Å². The summed E-state index contributed by atoms with van der Waals surface area (Å²) in [5.74, 6) is 0.527. The molecule has 1 atom stereocenters. The summed E-state index contributed by atoms with van der Waals surface area (Å²) < 4.78 is 0. The van der Waals surface area contributed by atoms with E-state index in [9.17, 15) is 4.79 Å². The number of benzene rings is 1. The molecule has 1 saturated heterocycles. The smallest absolute Gasteiger partial charge is 0.321 e. The van der Waals surface area contributed by atoms with Gasteiger partial charge in [-0.3, -0.25) is 0 Å². The third-order valence-corrected chi connectivity index (χ3v) is 3.35. The van der Waals surface area contributed by atoms with E-state index in [-0.39, 0.29) is 6.03 Å². The molecule has 1 heterocycles. The van der Waals surface area contributed by atoms with E-state index in [1.54, 1.807) is 0 Å². The van der Waals surface area contributed by atoms with Crippen LogP contribution in [0.1, 0.15) is 26.7 Å². The first-order valence-corrected chi connectivity index (χ1v) is 6.31. The molecular weight excluding hydrogens is 212 g/mol. The first kappa shape index (κ1) is 12.0. The Morgan fingerprint density at radius 2 is 2.06 bits per heavy atom. The molecule has 0 aliphatic carbocycles. The summed E-state index contributed by atoms with van der Waals surface area (Å²) in [4.78, 5) is 14.1. The molecule has 0 saturated carbocycles. The molecule has 92 valence electrons. The summed E-state index contributed by atoms with van der Waals surface area (Å²) >= 11 is 0. The van der Waals surface area contributed by atoms with Gasteiger partial charge in [0.15, 0.2) is 0 Å². The van der Waals surface area contributed by atoms with Crippen molar-refractivity contribution in [1.29, 1.82) is 0 Å². The van der Waals surface area contributed by atoms with Crippen LogP contribution in [0.3, 0.4) is 0 Å². The molecule has 0 spiro atoms. The molecule has 1 aromatic rings. The van der Waals surface area contributed by atoms with Crippen LogP contribution in [-0.2, 0) is 0 Å². The molecule has 3 heteroatoms. The molecule has 1 fully saturated rings. The molecular formula is C14H20N2O. The standard InChI is InChI=1S/C14H20N2O/c1-11(2)13-9-6-10-16(13)14(17)15-12-7-4-3-5-8-12/h3-5,7-8,11,13H,6,9-10H2,1-2H3,(H,15,17). The van der Waals surface area contributed by atoms with Crippen molar-refractivity contribution in [3.05, 3.63) is 30.3 Å². The number of nitrogens with zero attached hydrogens (tertiary/aromatic N) is 1. The van der Waals surface area contributed by atoms with Crippen LogP contribution in [-0.4, -0.2) is 23.5 Å². The zero-order valence-corrected chi connectivity index (χ0v) is 10.5. The molecule has 1 aliphatic rings. The van der Waals surface area contributed by atoms with E-state index < -0.39 is 0 Å². The summed E-state index contributed by atoms with van der Waals surface area (Å²) in [6.45, 7) is 5.24. The van der Waals surface area contributed by atoms with Crippen molar-refractivity contribution in [2.45, 2.75) is 32.7 Å². The van der Waals surface area contributed by atoms with Gasteiger partial charge in [0.05, 0.1) is 0 Å². The summed E-state index contributed by atoms with van der Waals surface area (Å²) in [6, 6.07) is 10.1. The van der Waals surface area contributed by atoms with Gasteiger partial charge in [-0.2, -0.15) is 0 Å². The Bertz CT molecular complexity index is 375. The largest absolute Gasteiger partial charge is 0.322 e. The fourth-order valence-electron chi connectivity index (χ4n) is 2.45. The van der Waals surface area contributed by atoms with Gasteiger partial charge in [0.2, 0.25) is 0 Å². The fourth-order valence-corrected chi connectivity index (χ4v) is 2.45. The maximum absolute atomic E-state index is 12.1. The Morgan fingerprint density at radius 1 is 1.35 bits per heavy atom. The lowest BCUT2D eigenvalue weighted by molar-refractivity contribution is 0.192. The van der Waals surface area contributed by atoms with E-state index in [0.29, 0.717) is 12.0 Å². The number of hydrogen-bond acceptors (Lipinski definition) is 1. The highest BCUT2D eigenvalue weighted by molar-refractivity contribution is 5.89. The number of para-hydroxylation sites is 1. The number of carbonyl (C=O) groups excluding carboxylic acids is 1. The van der Waals surface area contributed by atoms with E-state index in [0.717, 1.165) is 25.1 Å². The zero-order valence-electron chi connectivity index (χ0n) is 10.5. The minimum atomic E-state index is 0.0346. The van der Waals surface area contributed by atoms with Gasteiger partial charge in [-0.1, -0.05) is 32.0 Å². The molecule has 1 unspecified atom stereocenters. The van der Waals surface area contributed by atoms with Gasteiger partial charge in [-0.05, 0) is 30.9 Å². The van der Waals surface area contributed by atoms with Gasteiger partial charge in [0.25, 0.3) is 0 Å². The van der Waals surface area contributed by atoms with Crippen molar-refractivity contribution in [2.24, 2.45) is 5.92 Å². The Hall–Kier alpha value is -1.51. The van der Waals surface area contributed by atoms with Crippen molar-refractivity contribution in [2.75, 3.05) is 11.9 Å². The number of amides is 2. The zero-order chi connectivity index (χ0) is 12.3. The van der Waals surface area contributed by atoms with E-state index in [1.807, 2.05) is 35.2 Å². The van der Waals surface area contributed by atoms with Gasteiger partial charge in [-0.25, -0.2) is 4.79 Å². The minimum Gasteiger partial charge on any atom is -0.321 e. The molecule has 3 nitrogen and oxygen atoms in total. The van der Waals surface area contributed by atoms with Gasteiger partial charge >= 0.3 is 6.03 Å². The molecule has 17 heavy (non-hydrogen) atoms. The number of urea groups is 1. The van der Waals surface area contributed by atoms with Crippen molar-refractivity contribution in [3.8, 4) is 0 Å². The fraction of sp³-hybridized carbons (Fsp3) is 0.500. The summed E-state index contributed by atoms with van der Waals surface area (Å²) in [7, 11) is 0. The lowest BCUT2D eigenvalue weighted by Crippen LogP contribution is -2.41. The van der Waals surface area contributed by atoms with Crippen LogP contribution in [0.2, 0.25) is 0 Å². The van der Waals surface area contributed by atoms with Crippen LogP contribution in [0, 0.1) is 5.92 Å². The normalized spacial score (nSPS) is 19.7. The maximum atomic E-state index is 12.1. The SMILES string of the molecule is CC(C)C1CCCN1C(=O)Nc1ccccc1. The molecule has 0 radical (unpaired) electrons. The first-order valence-electron chi connectivity index (χ1n) is 6.31. The first-order chi connectivity index (χ1) is 8.18. The highest BCUT2D eigenvalue weighted by atomic mass is 16.2. The summed E-state index contributed by atoms with van der Waals surface area (Å²) in [6.07, 6.45) is 2.24. The van der Waals surface area contributed by atoms with Crippen LogP contribution >= 0.6 is 0 Å². The third kappa shape index (κ3) is 2.78. The summed E-state index contributed by atoms with van der Waals surface area (Å²) in [5.41, 5.74) is 0.868. The Kier molecular flexibility index (Phi) is 3.67. The van der Waals surface area contributed by atoms with E-state index in [2.05, 4.69) is 19.2 Å². The van der Waals surface area contributed by atoms with Crippen molar-refractivity contribution < 1.29 is 4.79 Å². The number of carbonyl (C=O) groups is 1.